The highest BCUT2D eigenvalue weighted by molar-refractivity contribution is 7.11. The van der Waals surface area contributed by atoms with Gasteiger partial charge < -0.3 is 20.7 Å². The number of methoxy groups -OCH3 is 1. The molecule has 4 aromatic rings. The average Bonchev–Trinajstić information content (AvgIpc) is 3.59. The van der Waals surface area contributed by atoms with Gasteiger partial charge in [-0.05, 0) is 24.6 Å². The van der Waals surface area contributed by atoms with E-state index in [0.29, 0.717) is 27.5 Å². The van der Waals surface area contributed by atoms with Gasteiger partial charge in [0.15, 0.2) is 5.82 Å². The Labute approximate surface area is 202 Å². The molecular weight excluding hydrogens is 475 g/mol. The third kappa shape index (κ3) is 4.03. The summed E-state index contributed by atoms with van der Waals surface area (Å²) in [7, 11) is 1.40. The second kappa shape index (κ2) is 8.91. The Morgan fingerprint density at radius 2 is 2.09 bits per heavy atom. The highest BCUT2D eigenvalue weighted by atomic mass is 32.1. The molecule has 2 atom stereocenters. The fourth-order valence-corrected chi connectivity index (χ4v) is 4.75. The number of likely N-dealkylation sites (tertiary alicyclic amines) is 1. The molecule has 0 radical (unpaired) electrons. The fourth-order valence-electron chi connectivity index (χ4n) is 4.17. The second-order valence-corrected chi connectivity index (χ2v) is 8.96. The highest BCUT2D eigenvalue weighted by Gasteiger charge is 2.37. The number of nitrogens with two attached hydrogens (primary N) is 1. The number of nitrogens with zero attached hydrogens (tertiary/aromatic N) is 6. The summed E-state index contributed by atoms with van der Waals surface area (Å²) in [5, 5.41) is 6.96. The van der Waals surface area contributed by atoms with Crippen LogP contribution in [0.1, 0.15) is 25.6 Å². The molecule has 0 spiro atoms. The van der Waals surface area contributed by atoms with E-state index in [-0.39, 0.29) is 30.4 Å². The maximum Gasteiger partial charge on any atom is 0.265 e. The molecule has 0 unspecified atom stereocenters. The fraction of sp³-hybridized carbons (Fsp3) is 0.273. The quantitative estimate of drug-likeness (QED) is 0.426. The van der Waals surface area contributed by atoms with Crippen LogP contribution in [0.25, 0.3) is 16.8 Å². The summed E-state index contributed by atoms with van der Waals surface area (Å²) in [5.74, 6) is -0.465. The molecule has 1 aliphatic heterocycles. The number of aromatic nitrogens is 5. The first-order valence-corrected chi connectivity index (χ1v) is 11.5. The molecule has 1 saturated heterocycles. The molecule has 3 N–H and O–H groups in total. The van der Waals surface area contributed by atoms with Crippen molar-refractivity contribution >= 4 is 34.5 Å². The van der Waals surface area contributed by atoms with Crippen LogP contribution in [0, 0.1) is 6.92 Å². The Kier molecular flexibility index (Phi) is 5.76. The normalized spacial score (nSPS) is 17.6. The van der Waals surface area contributed by atoms with Crippen molar-refractivity contribution < 1.29 is 18.7 Å². The van der Waals surface area contributed by atoms with Crippen LogP contribution in [0.4, 0.5) is 10.2 Å². The SMILES string of the molecule is COc1ncc(-c2cc(C)c3c(N)ncnn23)cc1C(=O)N[C@@H]1CN(C(=O)c2cncs2)C[C@@H]1F. The molecule has 11 nitrogen and oxygen atoms in total. The van der Waals surface area contributed by atoms with Gasteiger partial charge in [0.05, 0.1) is 37.1 Å². The van der Waals surface area contributed by atoms with E-state index in [4.69, 9.17) is 10.5 Å². The largest absolute Gasteiger partial charge is 0.480 e. The number of halogens is 1. The number of carbonyl (C=O) groups is 2. The van der Waals surface area contributed by atoms with Crippen LogP contribution < -0.4 is 15.8 Å². The number of alkyl halides is 1. The number of hydrogen-bond donors (Lipinski definition) is 2. The van der Waals surface area contributed by atoms with Crippen LogP contribution in [0.3, 0.4) is 0 Å². The molecule has 5 rings (SSSR count). The first kappa shape index (κ1) is 22.7. The lowest BCUT2D eigenvalue weighted by Gasteiger charge is -2.17. The lowest BCUT2D eigenvalue weighted by molar-refractivity contribution is 0.0782. The topological polar surface area (TPSA) is 141 Å². The zero-order chi connectivity index (χ0) is 24.7. The monoisotopic (exact) mass is 496 g/mol. The summed E-state index contributed by atoms with van der Waals surface area (Å²) in [5.41, 5.74) is 10.4. The van der Waals surface area contributed by atoms with E-state index in [1.807, 2.05) is 13.0 Å². The highest BCUT2D eigenvalue weighted by Crippen LogP contribution is 2.29. The van der Waals surface area contributed by atoms with Gasteiger partial charge in [-0.2, -0.15) is 5.10 Å². The Balaban J connectivity index is 1.41. The molecule has 2 amide bonds. The number of anilines is 1. The van der Waals surface area contributed by atoms with Crippen LogP contribution in [0.15, 0.2) is 36.4 Å². The number of aryl methyl sites for hydroxylation is 1. The number of amides is 2. The van der Waals surface area contributed by atoms with E-state index in [9.17, 15) is 14.0 Å². The number of carbonyl (C=O) groups excluding carboxylic acids is 2. The standard InChI is InChI=1S/C22H21FN8O3S/c1-11-3-16(31-18(11)19(24)27-9-28-31)12-4-13(21(34-2)26-5-12)20(32)29-15-8-30(7-14(15)23)22(33)17-6-25-10-35-17/h3-6,9-10,14-15H,7-8H2,1-2H3,(H,29,32)(H2,24,27,28)/t14-,15+/m0/s1. The van der Waals surface area contributed by atoms with Crippen molar-refractivity contribution in [3.05, 3.63) is 52.4 Å². The molecule has 1 aliphatic rings. The number of nitrogen functional groups attached to an aromatic ring is 1. The van der Waals surface area contributed by atoms with E-state index in [1.165, 1.54) is 41.4 Å². The maximum atomic E-state index is 14.8. The Hall–Kier alpha value is -4.13. The minimum Gasteiger partial charge on any atom is -0.480 e. The maximum absolute atomic E-state index is 14.8. The second-order valence-electron chi connectivity index (χ2n) is 8.07. The molecule has 1 fully saturated rings. The van der Waals surface area contributed by atoms with Crippen molar-refractivity contribution in [2.45, 2.75) is 19.1 Å². The number of pyridine rings is 1. The summed E-state index contributed by atoms with van der Waals surface area (Å²) < 4.78 is 21.7. The number of rotatable bonds is 5. The van der Waals surface area contributed by atoms with Gasteiger partial charge in [-0.3, -0.25) is 14.6 Å². The minimum atomic E-state index is -1.42. The predicted molar refractivity (Wildman–Crippen MR) is 126 cm³/mol. The van der Waals surface area contributed by atoms with Gasteiger partial charge in [0.25, 0.3) is 11.8 Å². The number of thiazole rings is 1. The van der Waals surface area contributed by atoms with Gasteiger partial charge in [0.1, 0.15) is 28.5 Å². The van der Waals surface area contributed by atoms with E-state index in [0.717, 1.165) is 5.56 Å². The van der Waals surface area contributed by atoms with Gasteiger partial charge >= 0.3 is 0 Å². The third-order valence-electron chi connectivity index (χ3n) is 5.85. The van der Waals surface area contributed by atoms with Crippen LogP contribution in [0.5, 0.6) is 5.88 Å². The Morgan fingerprint density at radius 3 is 2.83 bits per heavy atom. The van der Waals surface area contributed by atoms with Crippen molar-refractivity contribution in [2.24, 2.45) is 0 Å². The zero-order valence-corrected chi connectivity index (χ0v) is 19.6. The van der Waals surface area contributed by atoms with Gasteiger partial charge in [-0.25, -0.2) is 18.9 Å². The third-order valence-corrected chi connectivity index (χ3v) is 6.61. The molecular formula is C22H21FN8O3S. The van der Waals surface area contributed by atoms with Gasteiger partial charge in [-0.15, -0.1) is 11.3 Å². The van der Waals surface area contributed by atoms with Gasteiger partial charge in [-0.1, -0.05) is 0 Å². The van der Waals surface area contributed by atoms with Crippen LogP contribution in [0.2, 0.25) is 0 Å². The number of ether oxygens (including phenoxy) is 1. The summed E-state index contributed by atoms with van der Waals surface area (Å²) in [6.07, 6.45) is 2.92. The first-order chi connectivity index (χ1) is 16.9. The van der Waals surface area contributed by atoms with Gasteiger partial charge in [0, 0.05) is 18.3 Å². The summed E-state index contributed by atoms with van der Waals surface area (Å²) >= 11 is 1.18. The number of nitrogens with one attached hydrogen (secondary N) is 1. The van der Waals surface area contributed by atoms with Crippen LogP contribution in [-0.4, -0.2) is 73.7 Å². The van der Waals surface area contributed by atoms with Crippen molar-refractivity contribution in [2.75, 3.05) is 25.9 Å². The van der Waals surface area contributed by atoms with E-state index in [2.05, 4.69) is 25.4 Å². The zero-order valence-electron chi connectivity index (χ0n) is 18.8. The molecule has 0 saturated carbocycles. The lowest BCUT2D eigenvalue weighted by Crippen LogP contribution is -2.42. The van der Waals surface area contributed by atoms with Crippen molar-refractivity contribution in [3.63, 3.8) is 0 Å². The number of fused-ring (bicyclic) bond motifs is 1. The smallest absolute Gasteiger partial charge is 0.265 e. The Morgan fingerprint density at radius 1 is 1.26 bits per heavy atom. The molecule has 13 heteroatoms. The summed E-state index contributed by atoms with van der Waals surface area (Å²) in [6.45, 7) is 1.80. The first-order valence-electron chi connectivity index (χ1n) is 10.6. The molecule has 5 heterocycles. The molecule has 0 bridgehead atoms. The summed E-state index contributed by atoms with van der Waals surface area (Å²) in [4.78, 5) is 39.7. The molecule has 35 heavy (non-hydrogen) atoms. The van der Waals surface area contributed by atoms with Crippen molar-refractivity contribution in [3.8, 4) is 17.1 Å². The lowest BCUT2D eigenvalue weighted by atomic mass is 10.1. The molecule has 180 valence electrons. The van der Waals surface area contributed by atoms with Crippen LogP contribution in [-0.2, 0) is 0 Å². The van der Waals surface area contributed by atoms with E-state index in [1.54, 1.807) is 16.8 Å². The van der Waals surface area contributed by atoms with E-state index >= 15 is 0 Å². The minimum absolute atomic E-state index is 0.0395. The van der Waals surface area contributed by atoms with Crippen molar-refractivity contribution in [1.29, 1.82) is 0 Å². The predicted octanol–water partition coefficient (Wildman–Crippen LogP) is 1.74. The van der Waals surface area contributed by atoms with E-state index < -0.39 is 18.1 Å². The molecule has 0 aliphatic carbocycles. The van der Waals surface area contributed by atoms with Crippen molar-refractivity contribution in [1.82, 2.24) is 34.8 Å². The summed E-state index contributed by atoms with van der Waals surface area (Å²) in [6, 6.07) is 2.59. The average molecular weight is 497 g/mol. The molecule has 0 aromatic carbocycles. The van der Waals surface area contributed by atoms with Gasteiger partial charge in [0.2, 0.25) is 5.88 Å². The molecule has 4 aromatic heterocycles. The number of hydrogen-bond acceptors (Lipinski definition) is 9. The Bertz CT molecular complexity index is 1420. The van der Waals surface area contributed by atoms with Crippen LogP contribution >= 0.6 is 11.3 Å².